The minimum absolute atomic E-state index is 0.0100. The van der Waals surface area contributed by atoms with Crippen LogP contribution < -0.4 is 5.32 Å². The van der Waals surface area contributed by atoms with E-state index in [9.17, 15) is 4.79 Å². The van der Waals surface area contributed by atoms with E-state index >= 15 is 0 Å². The minimum atomic E-state index is -0.170. The summed E-state index contributed by atoms with van der Waals surface area (Å²) in [5, 5.41) is 3.54. The highest BCUT2D eigenvalue weighted by Crippen LogP contribution is 2.26. The zero-order chi connectivity index (χ0) is 15.2. The molecule has 0 fully saturated rings. The molecule has 0 aliphatic rings. The summed E-state index contributed by atoms with van der Waals surface area (Å²) in [4.78, 5) is 13.3. The van der Waals surface area contributed by atoms with Crippen molar-refractivity contribution in [3.05, 3.63) is 59.1 Å². The molecule has 2 rings (SSSR count). The molecule has 0 aromatic heterocycles. The van der Waals surface area contributed by atoms with Gasteiger partial charge in [-0.1, -0.05) is 36.7 Å². The number of halogens is 1. The summed E-state index contributed by atoms with van der Waals surface area (Å²) >= 11 is 7.39. The van der Waals surface area contributed by atoms with Crippen LogP contribution in [0.25, 0.3) is 0 Å². The molecule has 1 N–H and O–H groups in total. The number of aryl methyl sites for hydroxylation is 1. The molecule has 0 saturated carbocycles. The Balaban J connectivity index is 2.01. The van der Waals surface area contributed by atoms with Gasteiger partial charge in [-0.05, 0) is 49.2 Å². The Morgan fingerprint density at radius 2 is 1.86 bits per heavy atom. The van der Waals surface area contributed by atoms with Crippen molar-refractivity contribution in [1.82, 2.24) is 0 Å². The minimum Gasteiger partial charge on any atom is -0.325 e. The van der Waals surface area contributed by atoms with E-state index < -0.39 is 0 Å². The van der Waals surface area contributed by atoms with Gasteiger partial charge in [-0.25, -0.2) is 0 Å². The Morgan fingerprint density at radius 1 is 1.19 bits per heavy atom. The monoisotopic (exact) mass is 319 g/mol. The number of rotatable bonds is 5. The summed E-state index contributed by atoms with van der Waals surface area (Å²) in [5.41, 5.74) is 2.04. The molecule has 1 unspecified atom stereocenters. The molecule has 2 nitrogen and oxygen atoms in total. The molecule has 1 amide bonds. The van der Waals surface area contributed by atoms with E-state index in [0.717, 1.165) is 22.6 Å². The third-order valence-electron chi connectivity index (χ3n) is 3.15. The van der Waals surface area contributed by atoms with Crippen LogP contribution in [-0.2, 0) is 11.2 Å². The van der Waals surface area contributed by atoms with E-state index in [1.807, 2.05) is 55.5 Å². The number of hydrogen-bond donors (Lipinski definition) is 1. The number of carbonyl (C=O) groups excluding carboxylic acids is 1. The Kier molecular flexibility index (Phi) is 5.71. The number of hydrogen-bond acceptors (Lipinski definition) is 2. The molecule has 1 atom stereocenters. The fraction of sp³-hybridized carbons (Fsp3) is 0.235. The van der Waals surface area contributed by atoms with Crippen molar-refractivity contribution in [2.75, 3.05) is 5.32 Å². The third kappa shape index (κ3) is 4.51. The molecule has 0 heterocycles. The lowest BCUT2D eigenvalue weighted by atomic mass is 10.1. The predicted molar refractivity (Wildman–Crippen MR) is 91.2 cm³/mol. The molecule has 4 heteroatoms. The van der Waals surface area contributed by atoms with Gasteiger partial charge in [-0.3, -0.25) is 4.79 Å². The summed E-state index contributed by atoms with van der Waals surface area (Å²) in [7, 11) is 0. The quantitative estimate of drug-likeness (QED) is 0.784. The van der Waals surface area contributed by atoms with Gasteiger partial charge in [0, 0.05) is 15.6 Å². The second-order valence-electron chi connectivity index (χ2n) is 4.71. The van der Waals surface area contributed by atoms with Crippen LogP contribution in [0, 0.1) is 0 Å². The number of thioether (sulfide) groups is 1. The van der Waals surface area contributed by atoms with Crippen LogP contribution in [0.15, 0.2) is 53.4 Å². The molecule has 0 spiro atoms. The molecule has 2 aromatic rings. The van der Waals surface area contributed by atoms with Crippen LogP contribution in [0.4, 0.5) is 5.69 Å². The van der Waals surface area contributed by atoms with Crippen LogP contribution in [0.2, 0.25) is 5.02 Å². The summed E-state index contributed by atoms with van der Waals surface area (Å²) in [6, 6.07) is 15.4. The molecule has 0 saturated heterocycles. The molecular weight excluding hydrogens is 302 g/mol. The van der Waals surface area contributed by atoms with Gasteiger partial charge in [-0.2, -0.15) is 0 Å². The highest BCUT2D eigenvalue weighted by atomic mass is 35.5. The van der Waals surface area contributed by atoms with Gasteiger partial charge in [-0.15, -0.1) is 11.8 Å². The number of anilines is 1. The maximum atomic E-state index is 12.3. The summed E-state index contributed by atoms with van der Waals surface area (Å²) in [5.74, 6) is 0.0100. The first kappa shape index (κ1) is 15.9. The molecule has 0 aliphatic carbocycles. The van der Waals surface area contributed by atoms with Crippen molar-refractivity contribution in [2.24, 2.45) is 0 Å². The Morgan fingerprint density at radius 3 is 2.52 bits per heavy atom. The number of carbonyl (C=O) groups is 1. The van der Waals surface area contributed by atoms with Crippen LogP contribution in [0.1, 0.15) is 19.4 Å². The van der Waals surface area contributed by atoms with Crippen LogP contribution >= 0.6 is 23.4 Å². The highest BCUT2D eigenvalue weighted by Gasteiger charge is 2.15. The summed E-state index contributed by atoms with van der Waals surface area (Å²) < 4.78 is 0. The fourth-order valence-corrected chi connectivity index (χ4v) is 2.95. The lowest BCUT2D eigenvalue weighted by Crippen LogP contribution is -2.23. The predicted octanol–water partition coefficient (Wildman–Crippen LogP) is 5.02. The Hall–Kier alpha value is -1.45. The molecule has 2 aromatic carbocycles. The fourth-order valence-electron chi connectivity index (χ4n) is 1.96. The maximum Gasteiger partial charge on any atom is 0.237 e. The highest BCUT2D eigenvalue weighted by molar-refractivity contribution is 8.00. The van der Waals surface area contributed by atoms with Crippen molar-refractivity contribution in [3.8, 4) is 0 Å². The van der Waals surface area contributed by atoms with E-state index in [2.05, 4.69) is 12.2 Å². The number of amides is 1. The molecule has 0 radical (unpaired) electrons. The smallest absolute Gasteiger partial charge is 0.237 e. The average molecular weight is 320 g/mol. The van der Waals surface area contributed by atoms with Gasteiger partial charge in [0.05, 0.1) is 5.25 Å². The zero-order valence-electron chi connectivity index (χ0n) is 12.1. The molecular formula is C17H18ClNOS. The van der Waals surface area contributed by atoms with Crippen molar-refractivity contribution in [3.63, 3.8) is 0 Å². The summed E-state index contributed by atoms with van der Waals surface area (Å²) in [6.07, 6.45) is 0.898. The van der Waals surface area contributed by atoms with Crippen molar-refractivity contribution in [2.45, 2.75) is 30.4 Å². The van der Waals surface area contributed by atoms with Gasteiger partial charge in [0.2, 0.25) is 5.91 Å². The van der Waals surface area contributed by atoms with E-state index in [0.29, 0.717) is 5.02 Å². The van der Waals surface area contributed by atoms with E-state index in [1.165, 1.54) is 11.8 Å². The molecule has 21 heavy (non-hydrogen) atoms. The molecule has 0 bridgehead atoms. The van der Waals surface area contributed by atoms with Gasteiger partial charge < -0.3 is 5.32 Å². The van der Waals surface area contributed by atoms with Gasteiger partial charge >= 0.3 is 0 Å². The van der Waals surface area contributed by atoms with E-state index in [1.54, 1.807) is 0 Å². The first-order valence-corrected chi connectivity index (χ1v) is 8.17. The topological polar surface area (TPSA) is 29.1 Å². The normalized spacial score (nSPS) is 12.0. The van der Waals surface area contributed by atoms with Crippen LogP contribution in [0.5, 0.6) is 0 Å². The van der Waals surface area contributed by atoms with Crippen molar-refractivity contribution < 1.29 is 4.79 Å². The average Bonchev–Trinajstić information content (AvgIpc) is 2.50. The van der Waals surface area contributed by atoms with Gasteiger partial charge in [0.1, 0.15) is 0 Å². The van der Waals surface area contributed by atoms with E-state index in [-0.39, 0.29) is 11.2 Å². The molecule has 110 valence electrons. The second kappa shape index (κ2) is 7.53. The van der Waals surface area contributed by atoms with Crippen LogP contribution in [0.3, 0.4) is 0 Å². The van der Waals surface area contributed by atoms with E-state index in [4.69, 9.17) is 11.6 Å². The first-order valence-electron chi connectivity index (χ1n) is 6.91. The first-order chi connectivity index (χ1) is 10.1. The standard InChI is InChI=1S/C17H18ClNOS/c1-3-13-6-4-5-7-16(13)19-17(20)12(2)21-15-10-8-14(18)9-11-15/h4-12H,3H2,1-2H3,(H,19,20). The van der Waals surface area contributed by atoms with Crippen LogP contribution in [-0.4, -0.2) is 11.2 Å². The Bertz CT molecular complexity index is 612. The van der Waals surface area contributed by atoms with Crippen molar-refractivity contribution in [1.29, 1.82) is 0 Å². The summed E-state index contributed by atoms with van der Waals surface area (Å²) in [6.45, 7) is 3.99. The lowest BCUT2D eigenvalue weighted by Gasteiger charge is -2.14. The number of para-hydroxylation sites is 1. The number of nitrogens with one attached hydrogen (secondary N) is 1. The zero-order valence-corrected chi connectivity index (χ0v) is 13.7. The van der Waals surface area contributed by atoms with Gasteiger partial charge in [0.15, 0.2) is 0 Å². The number of benzene rings is 2. The molecule has 0 aliphatic heterocycles. The maximum absolute atomic E-state index is 12.3. The second-order valence-corrected chi connectivity index (χ2v) is 6.56. The van der Waals surface area contributed by atoms with Crippen molar-refractivity contribution >= 4 is 35.0 Å². The largest absolute Gasteiger partial charge is 0.325 e. The lowest BCUT2D eigenvalue weighted by molar-refractivity contribution is -0.115. The Labute approximate surface area is 134 Å². The SMILES string of the molecule is CCc1ccccc1NC(=O)C(C)Sc1ccc(Cl)cc1. The third-order valence-corrected chi connectivity index (χ3v) is 4.52. The van der Waals surface area contributed by atoms with Gasteiger partial charge in [0.25, 0.3) is 0 Å².